The third kappa shape index (κ3) is 5.18. The minimum absolute atomic E-state index is 0.147. The number of rotatable bonds is 8. The summed E-state index contributed by atoms with van der Waals surface area (Å²) in [4.78, 5) is 20.0. The van der Waals surface area contributed by atoms with Crippen LogP contribution in [0, 0.1) is 0 Å². The molecule has 2 N–H and O–H groups in total. The highest BCUT2D eigenvalue weighted by Gasteiger charge is 2.12. The Morgan fingerprint density at radius 3 is 2.70 bits per heavy atom. The van der Waals surface area contributed by atoms with Crippen molar-refractivity contribution in [3.8, 4) is 23.1 Å². The molecule has 0 saturated carbocycles. The van der Waals surface area contributed by atoms with Crippen LogP contribution in [-0.2, 0) is 4.79 Å². The van der Waals surface area contributed by atoms with E-state index in [1.54, 1.807) is 56.7 Å². The average Bonchev–Trinajstić information content (AvgIpc) is 2.76. The first-order valence-corrected chi connectivity index (χ1v) is 9.13. The second kappa shape index (κ2) is 9.62. The van der Waals surface area contributed by atoms with Gasteiger partial charge in [-0.05, 0) is 30.3 Å². The van der Waals surface area contributed by atoms with Crippen LogP contribution in [0.15, 0.2) is 61.3 Å². The summed E-state index contributed by atoms with van der Waals surface area (Å²) >= 11 is 6.19. The van der Waals surface area contributed by atoms with Crippen molar-refractivity contribution in [2.45, 2.75) is 0 Å². The van der Waals surface area contributed by atoms with Gasteiger partial charge in [0.2, 0.25) is 17.7 Å². The van der Waals surface area contributed by atoms with E-state index in [9.17, 15) is 4.79 Å². The van der Waals surface area contributed by atoms with Crippen molar-refractivity contribution in [2.24, 2.45) is 0 Å². The topological polar surface area (TPSA) is 94.6 Å². The lowest BCUT2D eigenvalue weighted by atomic mass is 10.2. The number of nitrogens with one attached hydrogen (secondary N) is 2. The van der Waals surface area contributed by atoms with Crippen molar-refractivity contribution >= 4 is 34.8 Å². The maximum absolute atomic E-state index is 11.5. The van der Waals surface area contributed by atoms with Crippen LogP contribution in [-0.4, -0.2) is 30.1 Å². The van der Waals surface area contributed by atoms with Crippen LogP contribution in [0.1, 0.15) is 0 Å². The third-order valence-corrected chi connectivity index (χ3v) is 4.13. The molecule has 0 radical (unpaired) electrons. The molecule has 9 heteroatoms. The molecule has 0 bridgehead atoms. The number of aromatic nitrogens is 2. The van der Waals surface area contributed by atoms with Crippen LogP contribution >= 0.6 is 11.6 Å². The number of anilines is 3. The molecule has 0 aliphatic carbocycles. The number of hydrogen-bond acceptors (Lipinski definition) is 7. The van der Waals surface area contributed by atoms with Crippen LogP contribution in [0.3, 0.4) is 0 Å². The maximum atomic E-state index is 11.5. The molecule has 3 rings (SSSR count). The highest BCUT2D eigenvalue weighted by Crippen LogP contribution is 2.33. The van der Waals surface area contributed by atoms with Gasteiger partial charge >= 0.3 is 0 Å². The second-order valence-electron chi connectivity index (χ2n) is 5.86. The normalized spacial score (nSPS) is 10.1. The van der Waals surface area contributed by atoms with Crippen LogP contribution in [0.25, 0.3) is 0 Å². The summed E-state index contributed by atoms with van der Waals surface area (Å²) in [5.74, 6) is 1.73. The zero-order valence-electron chi connectivity index (χ0n) is 16.3. The Bertz CT molecular complexity index is 1070. The fraction of sp³-hybridized carbons (Fsp3) is 0.0952. The van der Waals surface area contributed by atoms with E-state index in [4.69, 9.17) is 25.8 Å². The molecule has 0 aliphatic rings. The Kier molecular flexibility index (Phi) is 6.71. The van der Waals surface area contributed by atoms with Gasteiger partial charge in [0.15, 0.2) is 0 Å². The Hall–Kier alpha value is -3.78. The molecule has 8 nitrogen and oxygen atoms in total. The Morgan fingerprint density at radius 2 is 1.97 bits per heavy atom. The number of carbonyl (C=O) groups is 1. The number of ether oxygens (including phenoxy) is 3. The number of carbonyl (C=O) groups excluding carboxylic acids is 1. The summed E-state index contributed by atoms with van der Waals surface area (Å²) in [7, 11) is 3.13. The minimum atomic E-state index is -0.327. The zero-order valence-corrected chi connectivity index (χ0v) is 17.1. The lowest BCUT2D eigenvalue weighted by molar-refractivity contribution is -0.111. The van der Waals surface area contributed by atoms with Gasteiger partial charge < -0.3 is 24.8 Å². The molecule has 0 atom stereocenters. The quantitative estimate of drug-likeness (QED) is 0.499. The molecule has 2 aromatic carbocycles. The first-order valence-electron chi connectivity index (χ1n) is 8.75. The number of amides is 1. The number of hydrogen-bond donors (Lipinski definition) is 2. The minimum Gasteiger partial charge on any atom is -0.497 e. The van der Waals surface area contributed by atoms with Crippen molar-refractivity contribution < 1.29 is 19.0 Å². The predicted octanol–water partition coefficient (Wildman–Crippen LogP) is 4.81. The first-order chi connectivity index (χ1) is 14.5. The monoisotopic (exact) mass is 426 g/mol. The molecule has 0 fully saturated rings. The van der Waals surface area contributed by atoms with E-state index in [0.717, 1.165) is 0 Å². The average molecular weight is 427 g/mol. The number of nitrogens with zero attached hydrogens (tertiary/aromatic N) is 2. The predicted molar refractivity (Wildman–Crippen MR) is 115 cm³/mol. The van der Waals surface area contributed by atoms with Gasteiger partial charge in [0.1, 0.15) is 22.3 Å². The van der Waals surface area contributed by atoms with Crippen LogP contribution in [0.5, 0.6) is 23.1 Å². The van der Waals surface area contributed by atoms with Crippen molar-refractivity contribution in [3.05, 3.63) is 66.3 Å². The molecule has 154 valence electrons. The van der Waals surface area contributed by atoms with Crippen molar-refractivity contribution in [3.63, 3.8) is 0 Å². The van der Waals surface area contributed by atoms with E-state index in [1.165, 1.54) is 12.3 Å². The SMILES string of the molecule is C=CC(=O)Nc1cccc(Oc2nc(Nc3ccc(OC)cc3OC)ncc2Cl)c1. The lowest BCUT2D eigenvalue weighted by Gasteiger charge is -2.13. The van der Waals surface area contributed by atoms with Gasteiger partial charge in [0.25, 0.3) is 0 Å². The molecule has 0 spiro atoms. The van der Waals surface area contributed by atoms with E-state index in [2.05, 4.69) is 27.2 Å². The summed E-state index contributed by atoms with van der Waals surface area (Å²) in [6, 6.07) is 12.1. The zero-order chi connectivity index (χ0) is 21.5. The van der Waals surface area contributed by atoms with E-state index < -0.39 is 0 Å². The standard InChI is InChI=1S/C21H19ClN4O4/c1-4-19(27)24-13-6-5-7-15(10-13)30-20-16(22)12-23-21(26-20)25-17-9-8-14(28-2)11-18(17)29-3/h4-12H,1H2,2-3H3,(H,24,27)(H,23,25,26). The molecule has 1 heterocycles. The number of benzene rings is 2. The maximum Gasteiger partial charge on any atom is 0.247 e. The smallest absolute Gasteiger partial charge is 0.247 e. The Morgan fingerprint density at radius 1 is 1.13 bits per heavy atom. The van der Waals surface area contributed by atoms with Gasteiger partial charge in [-0.1, -0.05) is 24.2 Å². The summed E-state index contributed by atoms with van der Waals surface area (Å²) < 4.78 is 16.3. The summed E-state index contributed by atoms with van der Waals surface area (Å²) in [5, 5.41) is 5.95. The van der Waals surface area contributed by atoms with Gasteiger partial charge in [-0.3, -0.25) is 4.79 Å². The molecular weight excluding hydrogens is 408 g/mol. The Labute approximate surface area is 178 Å². The van der Waals surface area contributed by atoms with Crippen molar-refractivity contribution in [1.29, 1.82) is 0 Å². The van der Waals surface area contributed by atoms with E-state index in [-0.39, 0.29) is 22.8 Å². The molecule has 0 unspecified atom stereocenters. The van der Waals surface area contributed by atoms with Gasteiger partial charge in [0, 0.05) is 17.8 Å². The van der Waals surface area contributed by atoms with Gasteiger partial charge in [-0.25, -0.2) is 4.98 Å². The van der Waals surface area contributed by atoms with E-state index in [1.807, 2.05) is 0 Å². The molecule has 1 aromatic heterocycles. The third-order valence-electron chi connectivity index (χ3n) is 3.87. The molecule has 0 aliphatic heterocycles. The number of halogens is 1. The summed E-state index contributed by atoms with van der Waals surface area (Å²) in [6.07, 6.45) is 2.60. The number of methoxy groups -OCH3 is 2. The fourth-order valence-electron chi connectivity index (χ4n) is 2.45. The Balaban J connectivity index is 1.82. The van der Waals surface area contributed by atoms with Crippen LogP contribution in [0.4, 0.5) is 17.3 Å². The fourth-order valence-corrected chi connectivity index (χ4v) is 2.58. The van der Waals surface area contributed by atoms with Crippen LogP contribution in [0.2, 0.25) is 5.02 Å². The summed E-state index contributed by atoms with van der Waals surface area (Å²) in [6.45, 7) is 3.42. The van der Waals surface area contributed by atoms with Crippen LogP contribution < -0.4 is 24.8 Å². The molecule has 0 saturated heterocycles. The first kappa shape index (κ1) is 20.9. The highest BCUT2D eigenvalue weighted by molar-refractivity contribution is 6.31. The largest absolute Gasteiger partial charge is 0.497 e. The molecule has 30 heavy (non-hydrogen) atoms. The lowest BCUT2D eigenvalue weighted by Crippen LogP contribution is -2.07. The molecule has 1 amide bonds. The van der Waals surface area contributed by atoms with Gasteiger partial charge in [-0.2, -0.15) is 4.98 Å². The van der Waals surface area contributed by atoms with Gasteiger partial charge in [-0.15, -0.1) is 0 Å². The highest BCUT2D eigenvalue weighted by atomic mass is 35.5. The van der Waals surface area contributed by atoms with Crippen molar-refractivity contribution in [2.75, 3.05) is 24.9 Å². The van der Waals surface area contributed by atoms with E-state index >= 15 is 0 Å². The van der Waals surface area contributed by atoms with Gasteiger partial charge in [0.05, 0.1) is 26.1 Å². The summed E-state index contributed by atoms with van der Waals surface area (Å²) in [5.41, 5.74) is 1.18. The molecule has 3 aromatic rings. The van der Waals surface area contributed by atoms with Crippen molar-refractivity contribution in [1.82, 2.24) is 9.97 Å². The second-order valence-corrected chi connectivity index (χ2v) is 6.27. The molecular formula is C21H19ClN4O4. The van der Waals surface area contributed by atoms with E-state index in [0.29, 0.717) is 28.6 Å².